The van der Waals surface area contributed by atoms with Crippen LogP contribution in [0.3, 0.4) is 0 Å². The summed E-state index contributed by atoms with van der Waals surface area (Å²) in [6.45, 7) is 1.30. The van der Waals surface area contributed by atoms with Crippen molar-refractivity contribution < 1.29 is 9.84 Å². The second kappa shape index (κ2) is 6.94. The van der Waals surface area contributed by atoms with Gasteiger partial charge in [0, 0.05) is 17.3 Å². The molecule has 0 saturated carbocycles. The van der Waals surface area contributed by atoms with Crippen LogP contribution < -0.4 is 4.74 Å². The van der Waals surface area contributed by atoms with E-state index in [9.17, 15) is 5.11 Å². The molecule has 0 unspecified atom stereocenters. The van der Waals surface area contributed by atoms with Crippen molar-refractivity contribution in [1.82, 2.24) is 14.5 Å². The fourth-order valence-corrected chi connectivity index (χ4v) is 3.66. The summed E-state index contributed by atoms with van der Waals surface area (Å²) in [6.07, 6.45) is 3.52. The van der Waals surface area contributed by atoms with E-state index in [-0.39, 0.29) is 6.61 Å². The summed E-state index contributed by atoms with van der Waals surface area (Å²) in [5.41, 5.74) is 5.96. The van der Waals surface area contributed by atoms with E-state index >= 15 is 0 Å². The third kappa shape index (κ3) is 2.77. The van der Waals surface area contributed by atoms with Gasteiger partial charge in [-0.2, -0.15) is 0 Å². The molecule has 138 valence electrons. The van der Waals surface area contributed by atoms with E-state index in [4.69, 9.17) is 9.72 Å². The van der Waals surface area contributed by atoms with Crippen molar-refractivity contribution >= 4 is 0 Å². The molecule has 0 amide bonds. The first-order valence-corrected chi connectivity index (χ1v) is 9.28. The van der Waals surface area contributed by atoms with E-state index in [0.29, 0.717) is 13.2 Å². The molecular weight excluding hydrogens is 350 g/mol. The summed E-state index contributed by atoms with van der Waals surface area (Å²) < 4.78 is 8.14. The van der Waals surface area contributed by atoms with Gasteiger partial charge in [-0.3, -0.25) is 4.98 Å². The van der Waals surface area contributed by atoms with Crippen LogP contribution in [-0.4, -0.2) is 26.2 Å². The molecule has 1 aliphatic rings. The highest BCUT2D eigenvalue weighted by Crippen LogP contribution is 2.39. The number of ether oxygens (including phenoxy) is 1. The van der Waals surface area contributed by atoms with Crippen LogP contribution in [0.25, 0.3) is 33.9 Å². The summed E-state index contributed by atoms with van der Waals surface area (Å²) >= 11 is 0. The first-order valence-electron chi connectivity index (χ1n) is 9.28. The number of nitrogens with zero attached hydrogens (tertiary/aromatic N) is 3. The molecule has 0 saturated heterocycles. The number of benzene rings is 2. The van der Waals surface area contributed by atoms with Gasteiger partial charge in [-0.1, -0.05) is 54.6 Å². The lowest BCUT2D eigenvalue weighted by atomic mass is 10.0. The first kappa shape index (κ1) is 16.7. The average Bonchev–Trinajstić information content (AvgIpc) is 3.04. The molecule has 2 aromatic heterocycles. The van der Waals surface area contributed by atoms with E-state index in [1.165, 1.54) is 0 Å². The lowest BCUT2D eigenvalue weighted by molar-refractivity contribution is 0.282. The molecule has 5 nitrogen and oxygen atoms in total. The zero-order valence-electron chi connectivity index (χ0n) is 15.2. The van der Waals surface area contributed by atoms with Crippen molar-refractivity contribution in [2.45, 2.75) is 13.2 Å². The minimum atomic E-state index is 0.0310. The molecular formula is C23H19N3O2. The molecule has 0 aliphatic carbocycles. The SMILES string of the molecule is OCc1ccc(-c2nc3n(c2-c2ccccc2)CCOc2cnccc2-3)cc1. The average molecular weight is 369 g/mol. The zero-order chi connectivity index (χ0) is 18.9. The second-order valence-corrected chi connectivity index (χ2v) is 6.73. The van der Waals surface area contributed by atoms with Crippen molar-refractivity contribution in [3.05, 3.63) is 78.6 Å². The summed E-state index contributed by atoms with van der Waals surface area (Å²) in [5, 5.41) is 9.37. The van der Waals surface area contributed by atoms with Crippen molar-refractivity contribution in [2.24, 2.45) is 0 Å². The highest BCUT2D eigenvalue weighted by Gasteiger charge is 2.24. The molecule has 1 N–H and O–H groups in total. The molecule has 1 aliphatic heterocycles. The third-order valence-electron chi connectivity index (χ3n) is 5.02. The third-order valence-corrected chi connectivity index (χ3v) is 5.02. The Hall–Kier alpha value is -3.44. The van der Waals surface area contributed by atoms with E-state index in [2.05, 4.69) is 21.7 Å². The summed E-state index contributed by atoms with van der Waals surface area (Å²) in [6, 6.07) is 20.2. The van der Waals surface area contributed by atoms with Crippen LogP contribution in [0.2, 0.25) is 0 Å². The Morgan fingerprint density at radius 2 is 1.79 bits per heavy atom. The van der Waals surface area contributed by atoms with E-state index in [1.807, 2.05) is 48.5 Å². The molecule has 0 atom stereocenters. The normalized spacial score (nSPS) is 12.6. The Kier molecular flexibility index (Phi) is 4.14. The Morgan fingerprint density at radius 1 is 0.964 bits per heavy atom. The van der Waals surface area contributed by atoms with Gasteiger partial charge in [0.1, 0.15) is 18.2 Å². The summed E-state index contributed by atoms with van der Waals surface area (Å²) in [4.78, 5) is 9.24. The van der Waals surface area contributed by atoms with E-state index in [0.717, 1.165) is 45.2 Å². The molecule has 0 radical (unpaired) electrons. The maximum atomic E-state index is 9.37. The largest absolute Gasteiger partial charge is 0.489 e. The highest BCUT2D eigenvalue weighted by molar-refractivity contribution is 5.83. The van der Waals surface area contributed by atoms with Gasteiger partial charge in [0.15, 0.2) is 0 Å². The zero-order valence-corrected chi connectivity index (χ0v) is 15.2. The maximum absolute atomic E-state index is 9.37. The molecule has 0 bridgehead atoms. The minimum Gasteiger partial charge on any atom is -0.489 e. The molecule has 5 rings (SSSR count). The molecule has 5 heteroatoms. The molecule has 2 aromatic carbocycles. The predicted molar refractivity (Wildman–Crippen MR) is 108 cm³/mol. The van der Waals surface area contributed by atoms with Crippen LogP contribution in [0.5, 0.6) is 5.75 Å². The Morgan fingerprint density at radius 3 is 2.57 bits per heavy atom. The van der Waals surface area contributed by atoms with Crippen LogP contribution in [0.4, 0.5) is 0 Å². The number of rotatable bonds is 3. The van der Waals surface area contributed by atoms with Gasteiger partial charge in [0.25, 0.3) is 0 Å². The Balaban J connectivity index is 1.78. The first-order chi connectivity index (χ1) is 13.8. The molecule has 0 fully saturated rings. The number of fused-ring (bicyclic) bond motifs is 3. The molecule has 0 spiro atoms. The number of imidazole rings is 1. The van der Waals surface area contributed by atoms with Gasteiger partial charge in [-0.25, -0.2) is 4.98 Å². The maximum Gasteiger partial charge on any atom is 0.148 e. The van der Waals surface area contributed by atoms with Gasteiger partial charge >= 0.3 is 0 Å². The predicted octanol–water partition coefficient (Wildman–Crippen LogP) is 4.16. The highest BCUT2D eigenvalue weighted by atomic mass is 16.5. The summed E-state index contributed by atoms with van der Waals surface area (Å²) in [7, 11) is 0. The lowest BCUT2D eigenvalue weighted by Gasteiger charge is -2.11. The second-order valence-electron chi connectivity index (χ2n) is 6.73. The van der Waals surface area contributed by atoms with Gasteiger partial charge in [-0.15, -0.1) is 0 Å². The van der Waals surface area contributed by atoms with Crippen LogP contribution in [0.15, 0.2) is 73.1 Å². The number of pyridine rings is 1. The van der Waals surface area contributed by atoms with Crippen molar-refractivity contribution in [3.8, 4) is 39.7 Å². The van der Waals surface area contributed by atoms with Crippen molar-refractivity contribution in [3.63, 3.8) is 0 Å². The number of aliphatic hydroxyl groups excluding tert-OH is 1. The lowest BCUT2D eigenvalue weighted by Crippen LogP contribution is -2.07. The molecule has 4 aromatic rings. The van der Waals surface area contributed by atoms with Gasteiger partial charge in [0.2, 0.25) is 0 Å². The van der Waals surface area contributed by atoms with Crippen LogP contribution >= 0.6 is 0 Å². The van der Waals surface area contributed by atoms with Gasteiger partial charge in [-0.05, 0) is 11.6 Å². The van der Waals surface area contributed by atoms with Gasteiger partial charge in [0.05, 0.1) is 36.3 Å². The quantitative estimate of drug-likeness (QED) is 0.589. The molecule has 28 heavy (non-hydrogen) atoms. The Bertz CT molecular complexity index is 1120. The Labute approximate surface area is 162 Å². The molecule has 3 heterocycles. The summed E-state index contributed by atoms with van der Waals surface area (Å²) in [5.74, 6) is 1.64. The van der Waals surface area contributed by atoms with Gasteiger partial charge < -0.3 is 14.4 Å². The fraction of sp³-hybridized carbons (Fsp3) is 0.130. The van der Waals surface area contributed by atoms with Crippen LogP contribution in [0.1, 0.15) is 5.56 Å². The number of aliphatic hydroxyl groups is 1. The van der Waals surface area contributed by atoms with E-state index < -0.39 is 0 Å². The smallest absolute Gasteiger partial charge is 0.148 e. The van der Waals surface area contributed by atoms with Crippen molar-refractivity contribution in [2.75, 3.05) is 6.61 Å². The minimum absolute atomic E-state index is 0.0310. The number of hydrogen-bond donors (Lipinski definition) is 1. The monoisotopic (exact) mass is 369 g/mol. The van der Waals surface area contributed by atoms with Crippen LogP contribution in [-0.2, 0) is 13.2 Å². The number of hydrogen-bond acceptors (Lipinski definition) is 4. The van der Waals surface area contributed by atoms with Crippen LogP contribution in [0, 0.1) is 0 Å². The van der Waals surface area contributed by atoms with E-state index in [1.54, 1.807) is 12.4 Å². The number of aromatic nitrogens is 3. The topological polar surface area (TPSA) is 60.2 Å². The standard InChI is InChI=1S/C23H19N3O2/c27-15-16-6-8-17(9-7-16)21-22(18-4-2-1-3-5-18)26-12-13-28-20-14-24-11-10-19(20)23(26)25-21/h1-11,14,27H,12-13,15H2. The van der Waals surface area contributed by atoms with Crippen molar-refractivity contribution in [1.29, 1.82) is 0 Å². The fourth-order valence-electron chi connectivity index (χ4n) is 3.66.